The number of nitrogens with zero attached hydrogens (tertiary/aromatic N) is 3. The Morgan fingerprint density at radius 3 is 3.06 bits per heavy atom. The summed E-state index contributed by atoms with van der Waals surface area (Å²) in [6.45, 7) is 6.72. The van der Waals surface area contributed by atoms with Crippen molar-refractivity contribution < 1.29 is 0 Å². The van der Waals surface area contributed by atoms with Crippen molar-refractivity contribution in [3.8, 4) is 6.07 Å². The first-order chi connectivity index (χ1) is 8.13. The van der Waals surface area contributed by atoms with Crippen molar-refractivity contribution in [3.63, 3.8) is 0 Å². The largest absolute Gasteiger partial charge is 0.350 e. The number of pyridine rings is 1. The maximum Gasteiger partial charge on any atom is 0.148 e. The molecule has 0 spiro atoms. The molecule has 1 fully saturated rings. The molecular weight excluding hydrogens is 236 g/mol. The van der Waals surface area contributed by atoms with Gasteiger partial charge in [0.15, 0.2) is 0 Å². The second-order valence-corrected chi connectivity index (χ2v) is 4.69. The lowest BCUT2D eigenvalue weighted by Gasteiger charge is -2.35. The standard InChI is InChI=1S/C12H15ClN4/c1-8-7-15-3-4-17(8)12-11(13)5-10(6-14)9(2)16-12/h5,8,15H,3-4,7H2,1-2H3. The molecule has 0 saturated carbocycles. The molecule has 4 nitrogen and oxygen atoms in total. The lowest BCUT2D eigenvalue weighted by molar-refractivity contribution is 0.497. The minimum absolute atomic E-state index is 0.362. The van der Waals surface area contributed by atoms with Crippen molar-refractivity contribution in [2.24, 2.45) is 0 Å². The molecule has 1 aromatic heterocycles. The second-order valence-electron chi connectivity index (χ2n) is 4.29. The van der Waals surface area contributed by atoms with Crippen molar-refractivity contribution in [2.75, 3.05) is 24.5 Å². The van der Waals surface area contributed by atoms with Gasteiger partial charge in [-0.3, -0.25) is 0 Å². The van der Waals surface area contributed by atoms with Crippen molar-refractivity contribution in [1.29, 1.82) is 5.26 Å². The molecule has 1 unspecified atom stereocenters. The van der Waals surface area contributed by atoms with E-state index in [2.05, 4.69) is 28.2 Å². The van der Waals surface area contributed by atoms with E-state index in [1.165, 1.54) is 0 Å². The van der Waals surface area contributed by atoms with Gasteiger partial charge in [0.1, 0.15) is 11.9 Å². The number of halogens is 1. The number of nitrogens with one attached hydrogen (secondary N) is 1. The van der Waals surface area contributed by atoms with Crippen LogP contribution in [0.5, 0.6) is 0 Å². The summed E-state index contributed by atoms with van der Waals surface area (Å²) in [5, 5.41) is 12.8. The number of aryl methyl sites for hydroxylation is 1. The average Bonchev–Trinajstić information content (AvgIpc) is 2.32. The predicted molar refractivity (Wildman–Crippen MR) is 68.4 cm³/mol. The zero-order valence-electron chi connectivity index (χ0n) is 10.00. The van der Waals surface area contributed by atoms with E-state index >= 15 is 0 Å². The van der Waals surface area contributed by atoms with Crippen molar-refractivity contribution in [1.82, 2.24) is 10.3 Å². The molecule has 0 bridgehead atoms. The first kappa shape index (κ1) is 12.2. The van der Waals surface area contributed by atoms with Crippen LogP contribution in [-0.2, 0) is 0 Å². The molecule has 0 aromatic carbocycles. The van der Waals surface area contributed by atoms with Gasteiger partial charge in [-0.1, -0.05) is 11.6 Å². The van der Waals surface area contributed by atoms with E-state index in [9.17, 15) is 0 Å². The van der Waals surface area contributed by atoms with Crippen LogP contribution in [-0.4, -0.2) is 30.7 Å². The maximum absolute atomic E-state index is 8.92. The molecule has 2 rings (SSSR count). The molecule has 2 heterocycles. The van der Waals surface area contributed by atoms with Crippen molar-refractivity contribution in [2.45, 2.75) is 19.9 Å². The van der Waals surface area contributed by atoms with Gasteiger partial charge in [-0.15, -0.1) is 0 Å². The smallest absolute Gasteiger partial charge is 0.148 e. The zero-order chi connectivity index (χ0) is 12.4. The molecule has 17 heavy (non-hydrogen) atoms. The molecule has 0 aliphatic carbocycles. The van der Waals surface area contributed by atoms with Crippen LogP contribution in [0.15, 0.2) is 6.07 Å². The van der Waals surface area contributed by atoms with Gasteiger partial charge in [0.05, 0.1) is 16.3 Å². The topological polar surface area (TPSA) is 52.0 Å². The van der Waals surface area contributed by atoms with E-state index in [1.807, 2.05) is 6.92 Å². The number of nitriles is 1. The molecule has 90 valence electrons. The minimum Gasteiger partial charge on any atom is -0.350 e. The fraction of sp³-hybridized carbons (Fsp3) is 0.500. The van der Waals surface area contributed by atoms with Crippen molar-refractivity contribution >= 4 is 17.4 Å². The first-order valence-corrected chi connectivity index (χ1v) is 6.06. The van der Waals surface area contributed by atoms with Gasteiger partial charge in [-0.25, -0.2) is 4.98 Å². The highest BCUT2D eigenvalue weighted by Crippen LogP contribution is 2.27. The second kappa shape index (κ2) is 4.91. The van der Waals surface area contributed by atoms with Crippen LogP contribution in [0, 0.1) is 18.3 Å². The molecule has 1 aliphatic heterocycles. The van der Waals surface area contributed by atoms with Gasteiger partial charge in [-0.2, -0.15) is 5.26 Å². The lowest BCUT2D eigenvalue weighted by atomic mass is 10.2. The highest BCUT2D eigenvalue weighted by atomic mass is 35.5. The number of hydrogen-bond acceptors (Lipinski definition) is 4. The minimum atomic E-state index is 0.362. The quantitative estimate of drug-likeness (QED) is 0.825. The van der Waals surface area contributed by atoms with Crippen molar-refractivity contribution in [3.05, 3.63) is 22.3 Å². The SMILES string of the molecule is Cc1nc(N2CCNCC2C)c(Cl)cc1C#N. The molecule has 1 atom stereocenters. The van der Waals surface area contributed by atoms with E-state index in [1.54, 1.807) is 6.07 Å². The third kappa shape index (κ3) is 2.36. The van der Waals surface area contributed by atoms with E-state index in [-0.39, 0.29) is 0 Å². The summed E-state index contributed by atoms with van der Waals surface area (Å²) in [5.41, 5.74) is 1.28. The number of hydrogen-bond donors (Lipinski definition) is 1. The van der Waals surface area contributed by atoms with E-state index in [4.69, 9.17) is 16.9 Å². The van der Waals surface area contributed by atoms with Gasteiger partial charge >= 0.3 is 0 Å². The highest BCUT2D eigenvalue weighted by Gasteiger charge is 2.22. The molecule has 5 heteroatoms. The summed E-state index contributed by atoms with van der Waals surface area (Å²) in [4.78, 5) is 6.65. The summed E-state index contributed by atoms with van der Waals surface area (Å²) < 4.78 is 0. The monoisotopic (exact) mass is 250 g/mol. The molecule has 0 radical (unpaired) electrons. The Kier molecular flexibility index (Phi) is 3.51. The fourth-order valence-corrected chi connectivity index (χ4v) is 2.30. The van der Waals surface area contributed by atoms with Crippen LogP contribution < -0.4 is 10.2 Å². The van der Waals surface area contributed by atoms with Crippen LogP contribution in [0.3, 0.4) is 0 Å². The lowest BCUT2D eigenvalue weighted by Crippen LogP contribution is -2.50. The molecule has 1 aromatic rings. The van der Waals surface area contributed by atoms with Crippen LogP contribution in [0.2, 0.25) is 5.02 Å². The average molecular weight is 251 g/mol. The van der Waals surface area contributed by atoms with Crippen LogP contribution >= 0.6 is 11.6 Å². The van der Waals surface area contributed by atoms with Crippen LogP contribution in [0.25, 0.3) is 0 Å². The molecule has 1 N–H and O–H groups in total. The number of rotatable bonds is 1. The predicted octanol–water partition coefficient (Wildman–Crippen LogP) is 1.71. The summed E-state index contributed by atoms with van der Waals surface area (Å²) in [5.74, 6) is 0.789. The van der Waals surface area contributed by atoms with Gasteiger partial charge < -0.3 is 10.2 Å². The Morgan fingerprint density at radius 2 is 2.41 bits per heavy atom. The summed E-state index contributed by atoms with van der Waals surface area (Å²) >= 11 is 6.20. The highest BCUT2D eigenvalue weighted by molar-refractivity contribution is 6.33. The summed E-state index contributed by atoms with van der Waals surface area (Å²) in [6.07, 6.45) is 0. The molecular formula is C12H15ClN4. The zero-order valence-corrected chi connectivity index (χ0v) is 10.8. The van der Waals surface area contributed by atoms with Gasteiger partial charge in [-0.05, 0) is 19.9 Å². The van der Waals surface area contributed by atoms with Gasteiger partial charge in [0, 0.05) is 25.7 Å². The third-order valence-electron chi connectivity index (χ3n) is 3.04. The number of aromatic nitrogens is 1. The van der Waals surface area contributed by atoms with E-state index in [0.29, 0.717) is 16.6 Å². The number of anilines is 1. The van der Waals surface area contributed by atoms with Crippen LogP contribution in [0.1, 0.15) is 18.2 Å². The Morgan fingerprint density at radius 1 is 1.65 bits per heavy atom. The molecule has 0 amide bonds. The molecule has 1 aliphatic rings. The van der Waals surface area contributed by atoms with Crippen LogP contribution in [0.4, 0.5) is 5.82 Å². The maximum atomic E-state index is 8.92. The number of piperazine rings is 1. The van der Waals surface area contributed by atoms with Gasteiger partial charge in [0.2, 0.25) is 0 Å². The molecule has 1 saturated heterocycles. The Bertz CT molecular complexity index is 466. The normalized spacial score (nSPS) is 20.1. The Balaban J connectivity index is 2.38. The third-order valence-corrected chi connectivity index (χ3v) is 3.32. The Labute approximate surface area is 106 Å². The Hall–Kier alpha value is -1.31. The first-order valence-electron chi connectivity index (χ1n) is 5.68. The van der Waals surface area contributed by atoms with Gasteiger partial charge in [0.25, 0.3) is 0 Å². The summed E-state index contributed by atoms with van der Waals surface area (Å²) in [6, 6.07) is 4.16. The van der Waals surface area contributed by atoms with E-state index < -0.39 is 0 Å². The fourth-order valence-electron chi connectivity index (χ4n) is 2.04. The van der Waals surface area contributed by atoms with E-state index in [0.717, 1.165) is 31.1 Å². The summed E-state index contributed by atoms with van der Waals surface area (Å²) in [7, 11) is 0.